The maximum atomic E-state index is 13.7. The van der Waals surface area contributed by atoms with Gasteiger partial charge in [0.15, 0.2) is 0 Å². The van der Waals surface area contributed by atoms with Crippen LogP contribution >= 0.6 is 23.2 Å². The van der Waals surface area contributed by atoms with Crippen molar-refractivity contribution in [1.82, 2.24) is 14.1 Å². The van der Waals surface area contributed by atoms with Crippen molar-refractivity contribution >= 4 is 39.1 Å². The SMILES string of the molecule is CC12C(CN3CCCC3)COCC1N(S(=O)(=O)C1CC1)CCN2C(=O)Cc1ccc(Cl)c(Cl)c1. The van der Waals surface area contributed by atoms with E-state index in [1.54, 1.807) is 16.4 Å². The fourth-order valence-corrected chi connectivity index (χ4v) is 8.39. The number of carbonyl (C=O) groups is 1. The first-order valence-electron chi connectivity index (χ1n) is 12.3. The van der Waals surface area contributed by atoms with Crippen LogP contribution in [0.1, 0.15) is 38.2 Å². The highest BCUT2D eigenvalue weighted by molar-refractivity contribution is 7.90. The normalized spacial score (nSPS) is 31.0. The predicted molar refractivity (Wildman–Crippen MR) is 133 cm³/mol. The summed E-state index contributed by atoms with van der Waals surface area (Å²) in [6.07, 6.45) is 4.00. The van der Waals surface area contributed by atoms with Crippen LogP contribution in [-0.2, 0) is 26.0 Å². The molecule has 10 heteroatoms. The number of benzene rings is 1. The lowest BCUT2D eigenvalue weighted by Gasteiger charge is -2.59. The Labute approximate surface area is 212 Å². The summed E-state index contributed by atoms with van der Waals surface area (Å²) in [4.78, 5) is 18.1. The van der Waals surface area contributed by atoms with Crippen LogP contribution < -0.4 is 0 Å². The summed E-state index contributed by atoms with van der Waals surface area (Å²) in [5.41, 5.74) is 0.157. The van der Waals surface area contributed by atoms with E-state index in [0.717, 1.165) is 38.0 Å². The van der Waals surface area contributed by atoms with Crippen LogP contribution in [0.5, 0.6) is 0 Å². The Balaban J connectivity index is 1.46. The number of nitrogens with zero attached hydrogens (tertiary/aromatic N) is 3. The molecule has 3 heterocycles. The van der Waals surface area contributed by atoms with E-state index in [-0.39, 0.29) is 29.5 Å². The van der Waals surface area contributed by atoms with E-state index in [9.17, 15) is 13.2 Å². The fraction of sp³-hybridized carbons (Fsp3) is 0.708. The standard InChI is InChI=1S/C24H33Cl2N3O4S/c1-24-18(14-27-8-2-3-9-27)15-33-16-22(24)29(34(31,32)19-5-6-19)11-10-28(24)23(30)13-17-4-7-20(25)21(26)12-17/h4,7,12,18-19,22H,2-3,5-6,8-11,13-16H2,1H3. The van der Waals surface area contributed by atoms with Gasteiger partial charge in [-0.2, -0.15) is 4.31 Å². The molecule has 3 atom stereocenters. The minimum atomic E-state index is -3.40. The molecule has 4 aliphatic rings. The largest absolute Gasteiger partial charge is 0.379 e. The van der Waals surface area contributed by atoms with Crippen LogP contribution in [0, 0.1) is 5.92 Å². The molecule has 0 N–H and O–H groups in total. The number of piperazine rings is 1. The fourth-order valence-electron chi connectivity index (χ4n) is 5.99. The first kappa shape index (κ1) is 24.8. The Bertz CT molecular complexity index is 1040. The van der Waals surface area contributed by atoms with Gasteiger partial charge in [-0.05, 0) is 63.4 Å². The van der Waals surface area contributed by atoms with E-state index in [1.807, 2.05) is 11.0 Å². The van der Waals surface area contributed by atoms with Gasteiger partial charge in [-0.1, -0.05) is 29.3 Å². The monoisotopic (exact) mass is 529 g/mol. The summed E-state index contributed by atoms with van der Waals surface area (Å²) in [6.45, 7) is 6.51. The number of likely N-dealkylation sites (tertiary alicyclic amines) is 1. The predicted octanol–water partition coefficient (Wildman–Crippen LogP) is 3.04. The van der Waals surface area contributed by atoms with Crippen molar-refractivity contribution in [1.29, 1.82) is 0 Å². The zero-order chi connectivity index (χ0) is 24.1. The van der Waals surface area contributed by atoms with Gasteiger partial charge in [0.25, 0.3) is 0 Å². The van der Waals surface area contributed by atoms with Gasteiger partial charge < -0.3 is 14.5 Å². The first-order chi connectivity index (χ1) is 16.2. The third kappa shape index (κ3) is 4.50. The number of halogens is 2. The minimum absolute atomic E-state index is 0.0114. The molecule has 188 valence electrons. The first-order valence-corrected chi connectivity index (χ1v) is 14.5. The van der Waals surface area contributed by atoms with Gasteiger partial charge >= 0.3 is 0 Å². The van der Waals surface area contributed by atoms with Gasteiger partial charge in [-0.25, -0.2) is 8.42 Å². The van der Waals surface area contributed by atoms with Crippen molar-refractivity contribution in [3.63, 3.8) is 0 Å². The number of rotatable bonds is 6. The van der Waals surface area contributed by atoms with Crippen molar-refractivity contribution < 1.29 is 17.9 Å². The molecule has 3 aliphatic heterocycles. The molecule has 34 heavy (non-hydrogen) atoms. The van der Waals surface area contributed by atoms with Crippen LogP contribution in [0.4, 0.5) is 0 Å². The van der Waals surface area contributed by atoms with Gasteiger partial charge in [0.2, 0.25) is 15.9 Å². The third-order valence-corrected chi connectivity index (χ3v) is 11.3. The summed E-state index contributed by atoms with van der Waals surface area (Å²) in [5.74, 6) is 0.0157. The molecule has 7 nitrogen and oxygen atoms in total. The summed E-state index contributed by atoms with van der Waals surface area (Å²) < 4.78 is 34.4. The van der Waals surface area contributed by atoms with Crippen molar-refractivity contribution in [3.8, 4) is 0 Å². The summed E-state index contributed by atoms with van der Waals surface area (Å²) >= 11 is 12.3. The molecule has 1 aromatic rings. The molecule has 3 unspecified atom stereocenters. The van der Waals surface area contributed by atoms with Gasteiger partial charge in [-0.3, -0.25) is 4.79 Å². The molecule has 1 aliphatic carbocycles. The molecule has 0 aromatic heterocycles. The second-order valence-electron chi connectivity index (χ2n) is 10.3. The van der Waals surface area contributed by atoms with Crippen molar-refractivity contribution in [2.45, 2.75) is 55.9 Å². The highest BCUT2D eigenvalue weighted by Gasteiger charge is 2.59. The van der Waals surface area contributed by atoms with E-state index < -0.39 is 15.6 Å². The molecule has 1 saturated carbocycles. The Kier molecular flexibility index (Phi) is 6.94. The molecule has 1 aromatic carbocycles. The average Bonchev–Trinajstić information content (AvgIpc) is 3.54. The Hall–Kier alpha value is -0.900. The number of hydrogen-bond acceptors (Lipinski definition) is 5. The number of ether oxygens (including phenoxy) is 1. The summed E-state index contributed by atoms with van der Waals surface area (Å²) in [5, 5.41) is 0.599. The Morgan fingerprint density at radius 2 is 1.82 bits per heavy atom. The zero-order valence-corrected chi connectivity index (χ0v) is 21.9. The lowest BCUT2D eigenvalue weighted by Crippen LogP contribution is -2.76. The summed E-state index contributed by atoms with van der Waals surface area (Å²) in [6, 6.07) is 4.89. The number of sulfonamides is 1. The number of amides is 1. The number of fused-ring (bicyclic) bond motifs is 1. The van der Waals surface area contributed by atoms with E-state index in [4.69, 9.17) is 27.9 Å². The lowest BCUT2D eigenvalue weighted by molar-refractivity contribution is -0.165. The molecular weight excluding hydrogens is 497 g/mol. The summed E-state index contributed by atoms with van der Waals surface area (Å²) in [7, 11) is -3.40. The van der Waals surface area contributed by atoms with Gasteiger partial charge in [0.1, 0.15) is 0 Å². The number of hydrogen-bond donors (Lipinski definition) is 0. The van der Waals surface area contributed by atoms with Crippen LogP contribution in [0.25, 0.3) is 0 Å². The highest BCUT2D eigenvalue weighted by Crippen LogP contribution is 2.43. The van der Waals surface area contributed by atoms with Crippen molar-refractivity contribution in [2.75, 3.05) is 45.9 Å². The van der Waals surface area contributed by atoms with Crippen LogP contribution in [0.2, 0.25) is 10.0 Å². The lowest BCUT2D eigenvalue weighted by atomic mass is 9.74. The molecular formula is C24H33Cl2N3O4S. The molecule has 0 bridgehead atoms. The minimum Gasteiger partial charge on any atom is -0.379 e. The molecule has 0 spiro atoms. The van der Waals surface area contributed by atoms with Gasteiger partial charge in [-0.15, -0.1) is 0 Å². The van der Waals surface area contributed by atoms with Crippen LogP contribution in [0.15, 0.2) is 18.2 Å². The topological polar surface area (TPSA) is 70.2 Å². The van der Waals surface area contributed by atoms with Crippen LogP contribution in [-0.4, -0.2) is 91.2 Å². The van der Waals surface area contributed by atoms with Gasteiger partial charge in [0.05, 0.1) is 46.5 Å². The second kappa shape index (κ2) is 9.52. The number of carbonyl (C=O) groups excluding carboxylic acids is 1. The van der Waals surface area contributed by atoms with Crippen molar-refractivity contribution in [3.05, 3.63) is 33.8 Å². The smallest absolute Gasteiger partial charge is 0.227 e. The zero-order valence-electron chi connectivity index (χ0n) is 19.6. The quantitative estimate of drug-likeness (QED) is 0.566. The molecule has 0 radical (unpaired) electrons. The molecule has 4 fully saturated rings. The maximum absolute atomic E-state index is 13.7. The molecule has 1 amide bonds. The van der Waals surface area contributed by atoms with Crippen LogP contribution in [0.3, 0.4) is 0 Å². The Morgan fingerprint density at radius 3 is 2.50 bits per heavy atom. The van der Waals surface area contributed by atoms with E-state index in [2.05, 4.69) is 11.8 Å². The van der Waals surface area contributed by atoms with Gasteiger partial charge in [0, 0.05) is 25.6 Å². The third-order valence-electron chi connectivity index (χ3n) is 8.16. The average molecular weight is 531 g/mol. The maximum Gasteiger partial charge on any atom is 0.227 e. The van der Waals surface area contributed by atoms with E-state index in [1.165, 1.54) is 12.8 Å². The Morgan fingerprint density at radius 1 is 1.09 bits per heavy atom. The second-order valence-corrected chi connectivity index (χ2v) is 13.3. The van der Waals surface area contributed by atoms with E-state index >= 15 is 0 Å². The van der Waals surface area contributed by atoms with E-state index in [0.29, 0.717) is 36.3 Å². The highest BCUT2D eigenvalue weighted by atomic mass is 35.5. The molecule has 3 saturated heterocycles. The molecule has 5 rings (SSSR count). The van der Waals surface area contributed by atoms with Crippen molar-refractivity contribution in [2.24, 2.45) is 5.92 Å².